The van der Waals surface area contributed by atoms with Crippen LogP contribution in [-0.2, 0) is 0 Å². The molecule has 3 heterocycles. The molecule has 18 heavy (non-hydrogen) atoms. The predicted octanol–water partition coefficient (Wildman–Crippen LogP) is 1.23. The highest BCUT2D eigenvalue weighted by Crippen LogP contribution is 2.32. The summed E-state index contributed by atoms with van der Waals surface area (Å²) in [6.07, 6.45) is 0. The quantitative estimate of drug-likeness (QED) is 0.804. The summed E-state index contributed by atoms with van der Waals surface area (Å²) in [5.74, 6) is 2.34. The molecule has 2 aliphatic heterocycles. The van der Waals surface area contributed by atoms with Gasteiger partial charge in [-0.3, -0.25) is 0 Å². The predicted molar refractivity (Wildman–Crippen MR) is 70.5 cm³/mol. The van der Waals surface area contributed by atoms with E-state index in [0.29, 0.717) is 0 Å². The molecule has 4 heteroatoms. The summed E-state index contributed by atoms with van der Waals surface area (Å²) < 4.78 is 0. The third kappa shape index (κ3) is 1.75. The third-order valence-corrected chi connectivity index (χ3v) is 4.13. The molecule has 0 aromatic carbocycles. The first-order chi connectivity index (χ1) is 8.69. The smallest absolute Gasteiger partial charge is 0.147 e. The fourth-order valence-electron chi connectivity index (χ4n) is 3.21. The summed E-state index contributed by atoms with van der Waals surface area (Å²) >= 11 is 0. The van der Waals surface area contributed by atoms with Crippen molar-refractivity contribution in [3.8, 4) is 6.07 Å². The summed E-state index contributed by atoms with van der Waals surface area (Å²) in [5, 5.41) is 12.8. The minimum absolute atomic E-state index is 0.721. The summed E-state index contributed by atoms with van der Waals surface area (Å²) in [5.41, 5.74) is 2.78. The van der Waals surface area contributed by atoms with E-state index in [0.717, 1.165) is 60.7 Å². The van der Waals surface area contributed by atoms with Crippen molar-refractivity contribution in [1.29, 1.82) is 5.26 Å². The van der Waals surface area contributed by atoms with Gasteiger partial charge in [-0.25, -0.2) is 4.98 Å². The molecule has 2 saturated heterocycles. The molecule has 1 aromatic heterocycles. The molecule has 1 N–H and O–H groups in total. The van der Waals surface area contributed by atoms with Crippen LogP contribution in [0.5, 0.6) is 0 Å². The van der Waals surface area contributed by atoms with Crippen LogP contribution in [0, 0.1) is 37.0 Å². The fraction of sp³-hybridized carbons (Fsp3) is 0.571. The van der Waals surface area contributed by atoms with Gasteiger partial charge in [-0.05, 0) is 37.3 Å². The second kappa shape index (κ2) is 4.25. The van der Waals surface area contributed by atoms with Crippen molar-refractivity contribution in [2.45, 2.75) is 13.8 Å². The number of fused-ring (bicyclic) bond motifs is 1. The van der Waals surface area contributed by atoms with E-state index in [4.69, 9.17) is 0 Å². The van der Waals surface area contributed by atoms with Crippen LogP contribution in [0.1, 0.15) is 16.8 Å². The molecule has 2 atom stereocenters. The van der Waals surface area contributed by atoms with E-state index < -0.39 is 0 Å². The number of rotatable bonds is 1. The molecule has 2 fully saturated rings. The summed E-state index contributed by atoms with van der Waals surface area (Å²) in [6.45, 7) is 8.26. The normalized spacial score (nSPS) is 26.2. The maximum absolute atomic E-state index is 9.32. The molecule has 0 bridgehead atoms. The van der Waals surface area contributed by atoms with Gasteiger partial charge in [0.15, 0.2) is 0 Å². The topological polar surface area (TPSA) is 52.0 Å². The minimum Gasteiger partial charge on any atom is -0.355 e. The van der Waals surface area contributed by atoms with Crippen LogP contribution in [-0.4, -0.2) is 31.2 Å². The molecule has 94 valence electrons. The lowest BCUT2D eigenvalue weighted by Crippen LogP contribution is -2.27. The van der Waals surface area contributed by atoms with Crippen molar-refractivity contribution in [3.05, 3.63) is 22.9 Å². The SMILES string of the molecule is Cc1cc(C)c(C#N)c(N2CC3CNCC3C2)n1. The van der Waals surface area contributed by atoms with Crippen LogP contribution in [0.3, 0.4) is 0 Å². The standard InChI is InChI=1S/C14H18N4/c1-9-3-10(2)17-14(13(9)4-15)18-7-11-5-16-6-12(11)8-18/h3,11-12,16H,5-8H2,1-2H3. The monoisotopic (exact) mass is 242 g/mol. The number of anilines is 1. The fourth-order valence-corrected chi connectivity index (χ4v) is 3.21. The summed E-state index contributed by atoms with van der Waals surface area (Å²) in [7, 11) is 0. The Hall–Kier alpha value is -1.60. The van der Waals surface area contributed by atoms with Crippen LogP contribution in [0.25, 0.3) is 0 Å². The molecular formula is C14H18N4. The van der Waals surface area contributed by atoms with Crippen molar-refractivity contribution in [2.24, 2.45) is 11.8 Å². The van der Waals surface area contributed by atoms with Gasteiger partial charge in [0, 0.05) is 31.9 Å². The number of nitrogens with one attached hydrogen (secondary N) is 1. The zero-order chi connectivity index (χ0) is 12.7. The Labute approximate surface area is 108 Å². The number of aromatic nitrogens is 1. The van der Waals surface area contributed by atoms with Gasteiger partial charge in [-0.2, -0.15) is 5.26 Å². The van der Waals surface area contributed by atoms with Crippen molar-refractivity contribution in [1.82, 2.24) is 10.3 Å². The van der Waals surface area contributed by atoms with Crippen LogP contribution < -0.4 is 10.2 Å². The van der Waals surface area contributed by atoms with E-state index >= 15 is 0 Å². The largest absolute Gasteiger partial charge is 0.355 e. The van der Waals surface area contributed by atoms with Gasteiger partial charge >= 0.3 is 0 Å². The van der Waals surface area contributed by atoms with Gasteiger partial charge < -0.3 is 10.2 Å². The Balaban J connectivity index is 1.95. The number of nitrogens with zero attached hydrogens (tertiary/aromatic N) is 3. The number of pyridine rings is 1. The maximum atomic E-state index is 9.32. The molecule has 3 rings (SSSR count). The number of hydrogen-bond donors (Lipinski definition) is 1. The second-order valence-corrected chi connectivity index (χ2v) is 5.47. The van der Waals surface area contributed by atoms with Gasteiger partial charge in [0.2, 0.25) is 0 Å². The first-order valence-corrected chi connectivity index (χ1v) is 6.53. The highest BCUT2D eigenvalue weighted by molar-refractivity contribution is 5.58. The van der Waals surface area contributed by atoms with Gasteiger partial charge in [-0.15, -0.1) is 0 Å². The van der Waals surface area contributed by atoms with Crippen molar-refractivity contribution in [2.75, 3.05) is 31.1 Å². The second-order valence-electron chi connectivity index (χ2n) is 5.47. The number of nitriles is 1. The summed E-state index contributed by atoms with van der Waals surface area (Å²) in [6, 6.07) is 4.30. The molecule has 4 nitrogen and oxygen atoms in total. The van der Waals surface area contributed by atoms with E-state index in [1.54, 1.807) is 0 Å². The average molecular weight is 242 g/mol. The molecule has 1 aromatic rings. The van der Waals surface area contributed by atoms with E-state index in [2.05, 4.69) is 21.3 Å². The van der Waals surface area contributed by atoms with E-state index in [1.807, 2.05) is 19.9 Å². The highest BCUT2D eigenvalue weighted by Gasteiger charge is 2.37. The Bertz CT molecular complexity index is 505. The first-order valence-electron chi connectivity index (χ1n) is 6.53. The molecule has 0 aliphatic carbocycles. The van der Waals surface area contributed by atoms with E-state index in [9.17, 15) is 5.26 Å². The van der Waals surface area contributed by atoms with Crippen LogP contribution in [0.4, 0.5) is 5.82 Å². The molecule has 0 radical (unpaired) electrons. The summed E-state index contributed by atoms with van der Waals surface area (Å²) in [4.78, 5) is 6.90. The highest BCUT2D eigenvalue weighted by atomic mass is 15.2. The Kier molecular flexibility index (Phi) is 2.71. The zero-order valence-electron chi connectivity index (χ0n) is 10.9. The minimum atomic E-state index is 0.721. The third-order valence-electron chi connectivity index (χ3n) is 4.13. The van der Waals surface area contributed by atoms with Crippen LogP contribution in [0.15, 0.2) is 6.07 Å². The lowest BCUT2D eigenvalue weighted by molar-refractivity contribution is 0.533. The Morgan fingerprint density at radius 1 is 1.33 bits per heavy atom. The molecule has 0 spiro atoms. The molecule has 0 amide bonds. The molecular weight excluding hydrogens is 224 g/mol. The van der Waals surface area contributed by atoms with Crippen molar-refractivity contribution < 1.29 is 0 Å². The van der Waals surface area contributed by atoms with E-state index in [-0.39, 0.29) is 0 Å². The van der Waals surface area contributed by atoms with Gasteiger partial charge in [0.1, 0.15) is 11.9 Å². The molecule has 0 saturated carbocycles. The van der Waals surface area contributed by atoms with E-state index in [1.165, 1.54) is 0 Å². The van der Waals surface area contributed by atoms with Gasteiger partial charge in [0.05, 0.1) is 5.56 Å². The van der Waals surface area contributed by atoms with Gasteiger partial charge in [0.25, 0.3) is 0 Å². The number of hydrogen-bond acceptors (Lipinski definition) is 4. The average Bonchev–Trinajstić information content (AvgIpc) is 2.87. The lowest BCUT2D eigenvalue weighted by Gasteiger charge is -2.21. The van der Waals surface area contributed by atoms with Crippen molar-refractivity contribution in [3.63, 3.8) is 0 Å². The van der Waals surface area contributed by atoms with Crippen molar-refractivity contribution >= 4 is 5.82 Å². The molecule has 2 unspecified atom stereocenters. The van der Waals surface area contributed by atoms with Crippen LogP contribution >= 0.6 is 0 Å². The first kappa shape index (κ1) is 11.5. The molecule has 2 aliphatic rings. The zero-order valence-corrected chi connectivity index (χ0v) is 10.9. The van der Waals surface area contributed by atoms with Crippen LogP contribution in [0.2, 0.25) is 0 Å². The van der Waals surface area contributed by atoms with Gasteiger partial charge in [-0.1, -0.05) is 0 Å². The lowest BCUT2D eigenvalue weighted by atomic mass is 10.0. The number of aryl methyl sites for hydroxylation is 2. The maximum Gasteiger partial charge on any atom is 0.147 e. The Morgan fingerprint density at radius 2 is 2.00 bits per heavy atom. The Morgan fingerprint density at radius 3 is 2.61 bits per heavy atom.